The Labute approximate surface area is 89.7 Å². The van der Waals surface area contributed by atoms with Crippen molar-refractivity contribution in [1.29, 1.82) is 0 Å². The standard InChI is InChI=1S/C11H17N3O/c12-10-2-1-9(7-11(10)15)8-14-5-3-13-4-6-14/h1-2,7,13,15H,3-6,8,12H2. The van der Waals surface area contributed by atoms with Crippen molar-refractivity contribution in [2.24, 2.45) is 0 Å². The number of nitrogens with two attached hydrogens (primary N) is 1. The Morgan fingerprint density at radius 3 is 2.73 bits per heavy atom. The Balaban J connectivity index is 2.00. The molecule has 1 aliphatic heterocycles. The van der Waals surface area contributed by atoms with Crippen molar-refractivity contribution in [3.63, 3.8) is 0 Å². The van der Waals surface area contributed by atoms with Crippen LogP contribution in [0.3, 0.4) is 0 Å². The van der Waals surface area contributed by atoms with Crippen molar-refractivity contribution in [2.45, 2.75) is 6.54 Å². The largest absolute Gasteiger partial charge is 0.506 e. The van der Waals surface area contributed by atoms with Gasteiger partial charge in [0.05, 0.1) is 5.69 Å². The number of phenolic OH excluding ortho intramolecular Hbond substituents is 1. The first-order valence-corrected chi connectivity index (χ1v) is 5.26. The molecule has 0 unspecified atom stereocenters. The third-order valence-corrected chi connectivity index (χ3v) is 2.71. The number of anilines is 1. The molecular weight excluding hydrogens is 190 g/mol. The van der Waals surface area contributed by atoms with Gasteiger partial charge in [0.1, 0.15) is 5.75 Å². The first-order valence-electron chi connectivity index (χ1n) is 5.26. The summed E-state index contributed by atoms with van der Waals surface area (Å²) >= 11 is 0. The highest BCUT2D eigenvalue weighted by Gasteiger charge is 2.10. The van der Waals surface area contributed by atoms with Gasteiger partial charge in [-0.3, -0.25) is 4.90 Å². The van der Waals surface area contributed by atoms with E-state index in [-0.39, 0.29) is 5.75 Å². The molecule has 1 aromatic carbocycles. The third kappa shape index (κ3) is 2.61. The van der Waals surface area contributed by atoms with Crippen LogP contribution in [0.5, 0.6) is 5.75 Å². The fourth-order valence-corrected chi connectivity index (χ4v) is 1.82. The van der Waals surface area contributed by atoms with E-state index in [4.69, 9.17) is 5.73 Å². The summed E-state index contributed by atoms with van der Waals surface area (Å²) in [7, 11) is 0. The van der Waals surface area contributed by atoms with Crippen LogP contribution >= 0.6 is 0 Å². The van der Waals surface area contributed by atoms with Crippen molar-refractivity contribution in [3.8, 4) is 5.75 Å². The van der Waals surface area contributed by atoms with E-state index in [2.05, 4.69) is 10.2 Å². The summed E-state index contributed by atoms with van der Waals surface area (Å²) in [4.78, 5) is 2.36. The molecule has 0 bridgehead atoms. The van der Waals surface area contributed by atoms with E-state index in [0.29, 0.717) is 5.69 Å². The summed E-state index contributed by atoms with van der Waals surface area (Å²) in [6.07, 6.45) is 0. The van der Waals surface area contributed by atoms with E-state index >= 15 is 0 Å². The molecule has 2 rings (SSSR count). The van der Waals surface area contributed by atoms with Gasteiger partial charge in [-0.15, -0.1) is 0 Å². The molecule has 82 valence electrons. The highest BCUT2D eigenvalue weighted by atomic mass is 16.3. The van der Waals surface area contributed by atoms with Crippen LogP contribution < -0.4 is 11.1 Å². The average molecular weight is 207 g/mol. The third-order valence-electron chi connectivity index (χ3n) is 2.71. The molecule has 1 aromatic rings. The van der Waals surface area contributed by atoms with Crippen molar-refractivity contribution in [3.05, 3.63) is 23.8 Å². The zero-order valence-electron chi connectivity index (χ0n) is 8.74. The van der Waals surface area contributed by atoms with Gasteiger partial charge in [-0.1, -0.05) is 6.07 Å². The van der Waals surface area contributed by atoms with Crippen LogP contribution in [0, 0.1) is 0 Å². The van der Waals surface area contributed by atoms with E-state index < -0.39 is 0 Å². The highest BCUT2D eigenvalue weighted by Crippen LogP contribution is 2.21. The number of piperazine rings is 1. The average Bonchev–Trinajstić information content (AvgIpc) is 2.25. The van der Waals surface area contributed by atoms with Crippen molar-refractivity contribution < 1.29 is 5.11 Å². The molecule has 0 amide bonds. The van der Waals surface area contributed by atoms with Crippen LogP contribution in [-0.4, -0.2) is 36.2 Å². The molecule has 15 heavy (non-hydrogen) atoms. The molecule has 0 saturated carbocycles. The monoisotopic (exact) mass is 207 g/mol. The second-order valence-corrected chi connectivity index (χ2v) is 3.92. The summed E-state index contributed by atoms with van der Waals surface area (Å²) in [6.45, 7) is 5.09. The predicted octanol–water partition coefficient (Wildman–Crippen LogP) is 0.380. The van der Waals surface area contributed by atoms with Crippen molar-refractivity contribution in [1.82, 2.24) is 10.2 Å². The predicted molar refractivity (Wildman–Crippen MR) is 60.7 cm³/mol. The number of hydrogen-bond acceptors (Lipinski definition) is 4. The number of benzene rings is 1. The lowest BCUT2D eigenvalue weighted by Crippen LogP contribution is -2.42. The summed E-state index contributed by atoms with van der Waals surface area (Å²) < 4.78 is 0. The van der Waals surface area contributed by atoms with Gasteiger partial charge in [-0.25, -0.2) is 0 Å². The number of aromatic hydroxyl groups is 1. The maximum Gasteiger partial charge on any atom is 0.138 e. The van der Waals surface area contributed by atoms with E-state index in [1.807, 2.05) is 6.07 Å². The zero-order chi connectivity index (χ0) is 10.7. The zero-order valence-corrected chi connectivity index (χ0v) is 8.74. The quantitative estimate of drug-likeness (QED) is 0.484. The van der Waals surface area contributed by atoms with Crippen molar-refractivity contribution in [2.75, 3.05) is 31.9 Å². The van der Waals surface area contributed by atoms with Gasteiger partial charge < -0.3 is 16.2 Å². The van der Waals surface area contributed by atoms with Gasteiger partial charge in [0.25, 0.3) is 0 Å². The molecule has 4 heteroatoms. The number of nitrogens with one attached hydrogen (secondary N) is 1. The Kier molecular flexibility index (Phi) is 3.08. The Bertz CT molecular complexity index is 335. The first-order chi connectivity index (χ1) is 7.25. The minimum atomic E-state index is 0.183. The van der Waals surface area contributed by atoms with E-state index in [1.54, 1.807) is 12.1 Å². The van der Waals surface area contributed by atoms with Crippen LogP contribution in [0.2, 0.25) is 0 Å². The fourth-order valence-electron chi connectivity index (χ4n) is 1.82. The first kappa shape index (κ1) is 10.3. The Morgan fingerprint density at radius 1 is 1.33 bits per heavy atom. The van der Waals surface area contributed by atoms with Crippen LogP contribution in [0.15, 0.2) is 18.2 Å². The summed E-state index contributed by atoms with van der Waals surface area (Å²) in [6, 6.07) is 5.47. The van der Waals surface area contributed by atoms with Crippen LogP contribution in [0.1, 0.15) is 5.56 Å². The van der Waals surface area contributed by atoms with Gasteiger partial charge in [0.2, 0.25) is 0 Å². The smallest absolute Gasteiger partial charge is 0.138 e. The molecule has 1 saturated heterocycles. The molecule has 0 aliphatic carbocycles. The second-order valence-electron chi connectivity index (χ2n) is 3.92. The van der Waals surface area contributed by atoms with E-state index in [0.717, 1.165) is 38.3 Å². The lowest BCUT2D eigenvalue weighted by molar-refractivity contribution is 0.233. The lowest BCUT2D eigenvalue weighted by atomic mass is 10.1. The normalized spacial score (nSPS) is 17.9. The topological polar surface area (TPSA) is 61.5 Å². The molecule has 0 spiro atoms. The van der Waals surface area contributed by atoms with Crippen molar-refractivity contribution >= 4 is 5.69 Å². The van der Waals surface area contributed by atoms with Gasteiger partial charge in [0, 0.05) is 32.7 Å². The molecule has 0 atom stereocenters. The molecule has 0 radical (unpaired) electrons. The summed E-state index contributed by atoms with van der Waals surface area (Å²) in [5.41, 5.74) is 7.11. The number of rotatable bonds is 2. The SMILES string of the molecule is Nc1ccc(CN2CCNCC2)cc1O. The van der Waals surface area contributed by atoms with Gasteiger partial charge >= 0.3 is 0 Å². The van der Waals surface area contributed by atoms with E-state index in [1.165, 1.54) is 0 Å². The Hall–Kier alpha value is -1.26. The van der Waals surface area contributed by atoms with Crippen LogP contribution in [-0.2, 0) is 6.54 Å². The molecule has 4 N–H and O–H groups in total. The summed E-state index contributed by atoms with van der Waals surface area (Å²) in [5, 5.41) is 12.8. The molecule has 0 aromatic heterocycles. The molecular formula is C11H17N3O. The fraction of sp³-hybridized carbons (Fsp3) is 0.455. The minimum Gasteiger partial charge on any atom is -0.506 e. The highest BCUT2D eigenvalue weighted by molar-refractivity contribution is 5.52. The maximum atomic E-state index is 9.47. The van der Waals surface area contributed by atoms with Gasteiger partial charge in [-0.2, -0.15) is 0 Å². The van der Waals surface area contributed by atoms with E-state index in [9.17, 15) is 5.11 Å². The molecule has 1 fully saturated rings. The number of hydrogen-bond donors (Lipinski definition) is 3. The minimum absolute atomic E-state index is 0.183. The summed E-state index contributed by atoms with van der Waals surface area (Å²) in [5.74, 6) is 0.183. The Morgan fingerprint density at radius 2 is 2.07 bits per heavy atom. The van der Waals surface area contributed by atoms with Gasteiger partial charge in [0.15, 0.2) is 0 Å². The number of phenols is 1. The lowest BCUT2D eigenvalue weighted by Gasteiger charge is -2.27. The molecule has 1 aliphatic rings. The van der Waals surface area contributed by atoms with Gasteiger partial charge in [-0.05, 0) is 17.7 Å². The maximum absolute atomic E-state index is 9.47. The molecule has 4 nitrogen and oxygen atoms in total. The number of nitrogens with zero attached hydrogens (tertiary/aromatic N) is 1. The second kappa shape index (κ2) is 4.51. The number of nitrogen functional groups attached to an aromatic ring is 1. The molecule has 1 heterocycles. The van der Waals surface area contributed by atoms with Crippen LogP contribution in [0.4, 0.5) is 5.69 Å². The van der Waals surface area contributed by atoms with Crippen LogP contribution in [0.25, 0.3) is 0 Å².